The van der Waals surface area contributed by atoms with Crippen LogP contribution in [-0.4, -0.2) is 51.9 Å². The lowest BCUT2D eigenvalue weighted by atomic mass is 9.74. The lowest BCUT2D eigenvalue weighted by molar-refractivity contribution is 0.0513. The number of guanidine groups is 1. The van der Waals surface area contributed by atoms with Crippen LogP contribution in [-0.2, 0) is 10.2 Å². The molecule has 0 bridgehead atoms. The third-order valence-electron chi connectivity index (χ3n) is 6.43. The number of hydrogen-bond acceptors (Lipinski definition) is 3. The van der Waals surface area contributed by atoms with Crippen molar-refractivity contribution in [3.63, 3.8) is 0 Å². The van der Waals surface area contributed by atoms with Gasteiger partial charge in [0, 0.05) is 57.4 Å². The second kappa shape index (κ2) is 9.64. The van der Waals surface area contributed by atoms with Gasteiger partial charge in [-0.2, -0.15) is 0 Å². The maximum atomic E-state index is 14.1. The minimum absolute atomic E-state index is 0.0100. The lowest BCUT2D eigenvalue weighted by Crippen LogP contribution is -2.50. The summed E-state index contributed by atoms with van der Waals surface area (Å²) in [5, 5.41) is 6.99. The van der Waals surface area contributed by atoms with Crippen LogP contribution in [0.3, 0.4) is 0 Å². The SMILES string of the molecule is CN=C(NCC1(c2ccccc2)CCOCC1)NC1CCN(c2ccc(F)cc2F)C1. The molecule has 2 heterocycles. The van der Waals surface area contributed by atoms with Crippen molar-refractivity contribution in [2.75, 3.05) is 44.8 Å². The summed E-state index contributed by atoms with van der Waals surface area (Å²) in [5.74, 6) is -0.333. The number of hydrogen-bond donors (Lipinski definition) is 2. The first kappa shape index (κ1) is 21.6. The predicted octanol–water partition coefficient (Wildman–Crippen LogP) is 3.46. The molecule has 7 heteroatoms. The molecule has 31 heavy (non-hydrogen) atoms. The molecule has 5 nitrogen and oxygen atoms in total. The highest BCUT2D eigenvalue weighted by molar-refractivity contribution is 5.80. The second-order valence-corrected chi connectivity index (χ2v) is 8.36. The highest BCUT2D eigenvalue weighted by atomic mass is 19.1. The number of anilines is 1. The maximum absolute atomic E-state index is 14.1. The van der Waals surface area contributed by atoms with Crippen molar-refractivity contribution in [1.82, 2.24) is 10.6 Å². The molecule has 166 valence electrons. The van der Waals surface area contributed by atoms with Gasteiger partial charge in [0.05, 0.1) is 5.69 Å². The monoisotopic (exact) mass is 428 g/mol. The maximum Gasteiger partial charge on any atom is 0.191 e. The molecule has 0 amide bonds. The zero-order chi connectivity index (χ0) is 21.7. The Balaban J connectivity index is 1.37. The van der Waals surface area contributed by atoms with Gasteiger partial charge < -0.3 is 20.3 Å². The van der Waals surface area contributed by atoms with Gasteiger partial charge in [-0.15, -0.1) is 0 Å². The lowest BCUT2D eigenvalue weighted by Gasteiger charge is -2.38. The van der Waals surface area contributed by atoms with Crippen molar-refractivity contribution in [1.29, 1.82) is 0 Å². The molecule has 1 unspecified atom stereocenters. The van der Waals surface area contributed by atoms with Crippen molar-refractivity contribution in [2.24, 2.45) is 4.99 Å². The van der Waals surface area contributed by atoms with E-state index in [1.807, 2.05) is 11.0 Å². The highest BCUT2D eigenvalue weighted by Gasteiger charge is 2.35. The summed E-state index contributed by atoms with van der Waals surface area (Å²) in [6, 6.07) is 14.5. The molecular formula is C24H30F2N4O. The van der Waals surface area contributed by atoms with Gasteiger partial charge in [0.15, 0.2) is 5.96 Å². The van der Waals surface area contributed by atoms with Crippen LogP contribution >= 0.6 is 0 Å². The Kier molecular flexibility index (Phi) is 6.70. The van der Waals surface area contributed by atoms with E-state index in [9.17, 15) is 8.78 Å². The standard InChI is InChI=1S/C24H30F2N4O/c1-27-23(28-17-24(10-13-31-14-11-24)18-5-3-2-4-6-18)29-20-9-12-30(16-20)22-8-7-19(25)15-21(22)26/h2-8,15,20H,9-14,16-17H2,1H3,(H2,27,28,29). The fraction of sp³-hybridized carbons (Fsp3) is 0.458. The van der Waals surface area contributed by atoms with E-state index in [1.165, 1.54) is 17.7 Å². The molecule has 2 saturated heterocycles. The summed E-state index contributed by atoms with van der Waals surface area (Å²) in [4.78, 5) is 6.36. The average molecular weight is 429 g/mol. The summed E-state index contributed by atoms with van der Waals surface area (Å²) in [7, 11) is 1.76. The summed E-state index contributed by atoms with van der Waals surface area (Å²) >= 11 is 0. The fourth-order valence-electron chi connectivity index (χ4n) is 4.60. The smallest absolute Gasteiger partial charge is 0.191 e. The largest absolute Gasteiger partial charge is 0.381 e. The normalized spacial score (nSPS) is 21.2. The minimum Gasteiger partial charge on any atom is -0.381 e. The molecule has 2 aliphatic rings. The van der Waals surface area contributed by atoms with E-state index in [2.05, 4.69) is 39.9 Å². The minimum atomic E-state index is -0.555. The van der Waals surface area contributed by atoms with E-state index in [0.717, 1.165) is 51.0 Å². The van der Waals surface area contributed by atoms with Crippen LogP contribution in [0.25, 0.3) is 0 Å². The summed E-state index contributed by atoms with van der Waals surface area (Å²) in [6.45, 7) is 3.62. The molecule has 1 atom stereocenters. The molecule has 2 aromatic rings. The zero-order valence-electron chi connectivity index (χ0n) is 17.9. The first-order valence-corrected chi connectivity index (χ1v) is 10.9. The number of nitrogens with one attached hydrogen (secondary N) is 2. The van der Waals surface area contributed by atoms with E-state index in [4.69, 9.17) is 4.74 Å². The predicted molar refractivity (Wildman–Crippen MR) is 120 cm³/mol. The number of benzene rings is 2. The molecule has 2 aliphatic heterocycles. The molecular weight excluding hydrogens is 398 g/mol. The molecule has 4 rings (SSSR count). The van der Waals surface area contributed by atoms with E-state index >= 15 is 0 Å². The molecule has 2 fully saturated rings. The van der Waals surface area contributed by atoms with Crippen LogP contribution in [0.4, 0.5) is 14.5 Å². The van der Waals surface area contributed by atoms with Gasteiger partial charge in [0.1, 0.15) is 11.6 Å². The summed E-state index contributed by atoms with van der Waals surface area (Å²) < 4.78 is 33.0. The zero-order valence-corrected chi connectivity index (χ0v) is 17.9. The number of rotatable bonds is 5. The Labute approximate surface area is 182 Å². The molecule has 0 spiro atoms. The van der Waals surface area contributed by atoms with Gasteiger partial charge in [-0.1, -0.05) is 30.3 Å². The molecule has 0 saturated carbocycles. The van der Waals surface area contributed by atoms with Crippen molar-refractivity contribution >= 4 is 11.6 Å². The number of aliphatic imine (C=N–C) groups is 1. The molecule has 0 aliphatic carbocycles. The second-order valence-electron chi connectivity index (χ2n) is 8.36. The van der Waals surface area contributed by atoms with Gasteiger partial charge in [-0.05, 0) is 37.0 Å². The van der Waals surface area contributed by atoms with Crippen LogP contribution in [0.1, 0.15) is 24.8 Å². The Morgan fingerprint density at radius 3 is 2.65 bits per heavy atom. The van der Waals surface area contributed by atoms with Crippen molar-refractivity contribution in [3.05, 3.63) is 65.7 Å². The fourth-order valence-corrected chi connectivity index (χ4v) is 4.60. The Bertz CT molecular complexity index is 900. The van der Waals surface area contributed by atoms with Crippen molar-refractivity contribution < 1.29 is 13.5 Å². The Morgan fingerprint density at radius 2 is 1.94 bits per heavy atom. The van der Waals surface area contributed by atoms with Crippen LogP contribution in [0, 0.1) is 11.6 Å². The molecule has 0 radical (unpaired) electrons. The van der Waals surface area contributed by atoms with Gasteiger partial charge in [0.2, 0.25) is 0 Å². The third kappa shape index (κ3) is 4.98. The van der Waals surface area contributed by atoms with E-state index < -0.39 is 11.6 Å². The molecule has 2 aromatic carbocycles. The topological polar surface area (TPSA) is 48.9 Å². The Hall–Kier alpha value is -2.67. The summed E-state index contributed by atoms with van der Waals surface area (Å²) in [6.07, 6.45) is 2.78. The van der Waals surface area contributed by atoms with Crippen molar-refractivity contribution in [3.8, 4) is 0 Å². The van der Waals surface area contributed by atoms with E-state index in [-0.39, 0.29) is 11.5 Å². The molecule has 0 aromatic heterocycles. The van der Waals surface area contributed by atoms with E-state index in [1.54, 1.807) is 7.05 Å². The first-order valence-electron chi connectivity index (χ1n) is 10.9. The Morgan fingerprint density at radius 1 is 1.16 bits per heavy atom. The van der Waals surface area contributed by atoms with Crippen molar-refractivity contribution in [2.45, 2.75) is 30.7 Å². The first-order chi connectivity index (χ1) is 15.1. The van der Waals surface area contributed by atoms with Crippen LogP contribution in [0.2, 0.25) is 0 Å². The quantitative estimate of drug-likeness (QED) is 0.566. The van der Waals surface area contributed by atoms with Gasteiger partial charge in [0.25, 0.3) is 0 Å². The third-order valence-corrected chi connectivity index (χ3v) is 6.43. The van der Waals surface area contributed by atoms with Gasteiger partial charge in [-0.25, -0.2) is 8.78 Å². The number of halogens is 2. The summed E-state index contributed by atoms with van der Waals surface area (Å²) in [5.41, 5.74) is 1.77. The van der Waals surface area contributed by atoms with Crippen LogP contribution in [0.15, 0.2) is 53.5 Å². The average Bonchev–Trinajstić information content (AvgIpc) is 3.26. The van der Waals surface area contributed by atoms with E-state index in [0.29, 0.717) is 18.8 Å². The van der Waals surface area contributed by atoms with Crippen LogP contribution in [0.5, 0.6) is 0 Å². The number of nitrogens with zero attached hydrogens (tertiary/aromatic N) is 2. The molecule has 2 N–H and O–H groups in total. The number of ether oxygens (including phenoxy) is 1. The van der Waals surface area contributed by atoms with Gasteiger partial charge >= 0.3 is 0 Å². The van der Waals surface area contributed by atoms with Crippen LogP contribution < -0.4 is 15.5 Å². The van der Waals surface area contributed by atoms with Gasteiger partial charge in [-0.3, -0.25) is 4.99 Å². The highest BCUT2D eigenvalue weighted by Crippen LogP contribution is 2.34.